The van der Waals surface area contributed by atoms with Crippen LogP contribution in [0.4, 0.5) is 0 Å². The van der Waals surface area contributed by atoms with Gasteiger partial charge < -0.3 is 9.64 Å². The van der Waals surface area contributed by atoms with E-state index in [0.717, 1.165) is 10.5 Å². The van der Waals surface area contributed by atoms with E-state index in [4.69, 9.17) is 0 Å². The molecule has 0 radical (unpaired) electrons. The Morgan fingerprint density at radius 3 is 2.50 bits per heavy atom. The molecule has 0 spiro atoms. The van der Waals surface area contributed by atoms with Crippen LogP contribution in [0, 0.1) is 6.92 Å². The lowest BCUT2D eigenvalue weighted by atomic mass is 10.2. The van der Waals surface area contributed by atoms with Gasteiger partial charge in [-0.25, -0.2) is 0 Å². The van der Waals surface area contributed by atoms with Gasteiger partial charge in [0.1, 0.15) is 6.54 Å². The second kappa shape index (κ2) is 7.94. The number of rotatable bonds is 6. The van der Waals surface area contributed by atoms with Gasteiger partial charge in [-0.3, -0.25) is 9.59 Å². The fourth-order valence-corrected chi connectivity index (χ4v) is 2.62. The molecular formula is C15H21NO3S. The lowest BCUT2D eigenvalue weighted by Gasteiger charge is -2.25. The second-order valence-electron chi connectivity index (χ2n) is 4.75. The molecule has 0 saturated carbocycles. The molecule has 110 valence electrons. The second-order valence-corrected chi connectivity index (χ2v) is 5.76. The number of thioether (sulfide) groups is 1. The van der Waals surface area contributed by atoms with Crippen LogP contribution in [-0.4, -0.2) is 42.2 Å². The summed E-state index contributed by atoms with van der Waals surface area (Å²) in [6.45, 7) is 5.79. The highest BCUT2D eigenvalue weighted by molar-refractivity contribution is 8.00. The van der Waals surface area contributed by atoms with Crippen LogP contribution in [0.15, 0.2) is 29.2 Å². The molecule has 0 aliphatic heterocycles. The van der Waals surface area contributed by atoms with Crippen molar-refractivity contribution < 1.29 is 14.3 Å². The first-order valence-corrected chi connectivity index (χ1v) is 7.49. The van der Waals surface area contributed by atoms with E-state index in [-0.39, 0.29) is 18.5 Å². The Morgan fingerprint density at radius 2 is 1.95 bits per heavy atom. The molecule has 0 aromatic heterocycles. The predicted molar refractivity (Wildman–Crippen MR) is 80.8 cm³/mol. The molecular weight excluding hydrogens is 274 g/mol. The van der Waals surface area contributed by atoms with Crippen LogP contribution < -0.4 is 0 Å². The van der Waals surface area contributed by atoms with E-state index in [9.17, 15) is 9.59 Å². The highest BCUT2D eigenvalue weighted by Gasteiger charge is 2.20. The van der Waals surface area contributed by atoms with Crippen molar-refractivity contribution in [1.82, 2.24) is 4.90 Å². The maximum absolute atomic E-state index is 12.2. The van der Waals surface area contributed by atoms with E-state index in [1.165, 1.54) is 23.8 Å². The molecule has 0 saturated heterocycles. The van der Waals surface area contributed by atoms with Crippen molar-refractivity contribution in [2.75, 3.05) is 19.4 Å². The third-order valence-corrected chi connectivity index (χ3v) is 4.08. The molecule has 0 atom stereocenters. The van der Waals surface area contributed by atoms with Gasteiger partial charge in [0.2, 0.25) is 5.91 Å². The van der Waals surface area contributed by atoms with Gasteiger partial charge in [-0.2, -0.15) is 0 Å². The van der Waals surface area contributed by atoms with Crippen molar-refractivity contribution in [2.24, 2.45) is 0 Å². The van der Waals surface area contributed by atoms with E-state index >= 15 is 0 Å². The van der Waals surface area contributed by atoms with E-state index in [1.54, 1.807) is 0 Å². The Hall–Kier alpha value is -1.49. The van der Waals surface area contributed by atoms with Crippen LogP contribution in [0.2, 0.25) is 0 Å². The third kappa shape index (κ3) is 4.89. The number of hydrogen-bond acceptors (Lipinski definition) is 4. The van der Waals surface area contributed by atoms with Crippen LogP contribution in [0.25, 0.3) is 0 Å². The first-order chi connectivity index (χ1) is 9.45. The zero-order valence-electron chi connectivity index (χ0n) is 12.4. The maximum Gasteiger partial charge on any atom is 0.325 e. The van der Waals surface area contributed by atoms with Crippen molar-refractivity contribution in [1.29, 1.82) is 0 Å². The van der Waals surface area contributed by atoms with Gasteiger partial charge in [-0.1, -0.05) is 18.2 Å². The maximum atomic E-state index is 12.2. The van der Waals surface area contributed by atoms with Crippen molar-refractivity contribution in [3.63, 3.8) is 0 Å². The summed E-state index contributed by atoms with van der Waals surface area (Å²) in [4.78, 5) is 26.2. The van der Waals surface area contributed by atoms with Crippen LogP contribution in [0.3, 0.4) is 0 Å². The van der Waals surface area contributed by atoms with E-state index in [1.807, 2.05) is 45.0 Å². The van der Waals surface area contributed by atoms with Crippen LogP contribution >= 0.6 is 11.8 Å². The predicted octanol–water partition coefficient (Wildman–Crippen LogP) is 2.50. The number of nitrogens with zero attached hydrogens (tertiary/aromatic N) is 1. The summed E-state index contributed by atoms with van der Waals surface area (Å²) in [5.41, 5.74) is 1.15. The number of amides is 1. The summed E-state index contributed by atoms with van der Waals surface area (Å²) in [6.07, 6.45) is 0. The number of ether oxygens (including phenoxy) is 1. The molecule has 1 amide bonds. The summed E-state index contributed by atoms with van der Waals surface area (Å²) in [5, 5.41) is 0. The van der Waals surface area contributed by atoms with Crippen molar-refractivity contribution in [3.8, 4) is 0 Å². The molecule has 0 aliphatic carbocycles. The van der Waals surface area contributed by atoms with E-state index < -0.39 is 5.97 Å². The summed E-state index contributed by atoms with van der Waals surface area (Å²) in [5.74, 6) is -0.133. The Kier molecular flexibility index (Phi) is 6.58. The summed E-state index contributed by atoms with van der Waals surface area (Å²) < 4.78 is 4.62. The molecule has 0 N–H and O–H groups in total. The standard InChI is InChI=1S/C15H21NO3S/c1-11(2)16(9-15(18)19-4)14(17)10-20-13-8-6-5-7-12(13)3/h5-8,11H,9-10H2,1-4H3. The van der Waals surface area contributed by atoms with E-state index in [0.29, 0.717) is 5.75 Å². The van der Waals surface area contributed by atoms with Crippen molar-refractivity contribution >= 4 is 23.6 Å². The third-order valence-electron chi connectivity index (χ3n) is 2.92. The molecule has 0 unspecified atom stereocenters. The Morgan fingerprint density at radius 1 is 1.30 bits per heavy atom. The topological polar surface area (TPSA) is 46.6 Å². The number of benzene rings is 1. The Balaban J connectivity index is 2.63. The molecule has 0 heterocycles. The van der Waals surface area contributed by atoms with Gasteiger partial charge in [0, 0.05) is 10.9 Å². The largest absolute Gasteiger partial charge is 0.468 e. The minimum Gasteiger partial charge on any atom is -0.468 e. The van der Waals surface area contributed by atoms with Crippen molar-refractivity contribution in [3.05, 3.63) is 29.8 Å². The van der Waals surface area contributed by atoms with Gasteiger partial charge in [0.25, 0.3) is 0 Å². The SMILES string of the molecule is COC(=O)CN(C(=O)CSc1ccccc1C)C(C)C. The molecule has 20 heavy (non-hydrogen) atoms. The highest BCUT2D eigenvalue weighted by atomic mass is 32.2. The number of esters is 1. The average Bonchev–Trinajstić information content (AvgIpc) is 2.42. The van der Waals surface area contributed by atoms with E-state index in [2.05, 4.69) is 4.74 Å². The normalized spacial score (nSPS) is 10.4. The molecule has 0 fully saturated rings. The lowest BCUT2D eigenvalue weighted by molar-refractivity contribution is -0.147. The summed E-state index contributed by atoms with van der Waals surface area (Å²) >= 11 is 1.49. The van der Waals surface area contributed by atoms with Crippen molar-refractivity contribution in [2.45, 2.75) is 31.7 Å². The smallest absolute Gasteiger partial charge is 0.325 e. The van der Waals surface area contributed by atoms with Crippen LogP contribution in [-0.2, 0) is 14.3 Å². The Labute approximate surface area is 124 Å². The molecule has 1 aromatic carbocycles. The molecule has 0 bridgehead atoms. The van der Waals surface area contributed by atoms with Crippen LogP contribution in [0.1, 0.15) is 19.4 Å². The fraction of sp³-hybridized carbons (Fsp3) is 0.467. The molecule has 4 nitrogen and oxygen atoms in total. The average molecular weight is 295 g/mol. The highest BCUT2D eigenvalue weighted by Crippen LogP contribution is 2.22. The molecule has 1 aromatic rings. The summed E-state index contributed by atoms with van der Waals surface area (Å²) in [7, 11) is 1.33. The van der Waals surface area contributed by atoms with Gasteiger partial charge in [-0.05, 0) is 32.4 Å². The zero-order chi connectivity index (χ0) is 15.1. The first-order valence-electron chi connectivity index (χ1n) is 6.50. The van der Waals surface area contributed by atoms with Crippen LogP contribution in [0.5, 0.6) is 0 Å². The quantitative estimate of drug-likeness (QED) is 0.597. The minimum atomic E-state index is -0.395. The Bertz CT molecular complexity index is 474. The number of carbonyl (C=O) groups is 2. The fourth-order valence-electron chi connectivity index (χ4n) is 1.70. The zero-order valence-corrected chi connectivity index (χ0v) is 13.2. The molecule has 0 aliphatic rings. The number of hydrogen-bond donors (Lipinski definition) is 0. The number of carbonyl (C=O) groups excluding carboxylic acids is 2. The number of aryl methyl sites for hydroxylation is 1. The number of methoxy groups -OCH3 is 1. The monoisotopic (exact) mass is 295 g/mol. The molecule has 5 heteroatoms. The van der Waals surface area contributed by atoms with Gasteiger partial charge in [0.15, 0.2) is 0 Å². The van der Waals surface area contributed by atoms with Gasteiger partial charge in [0.05, 0.1) is 12.9 Å². The van der Waals surface area contributed by atoms with Gasteiger partial charge >= 0.3 is 5.97 Å². The lowest BCUT2D eigenvalue weighted by Crippen LogP contribution is -2.42. The summed E-state index contributed by atoms with van der Waals surface area (Å²) in [6, 6.07) is 7.90. The minimum absolute atomic E-state index is 0.00132. The molecule has 1 rings (SSSR count). The van der Waals surface area contributed by atoms with Gasteiger partial charge in [-0.15, -0.1) is 11.8 Å². The first kappa shape index (κ1) is 16.6.